The standard InChI is InChI=1S/C10H18N2O/c1-5-9(13)6-10-7(2)11-12(4)8(10)3/h9,13H,5-6H2,1-4H3. The summed E-state index contributed by atoms with van der Waals surface area (Å²) in [6.07, 6.45) is 1.29. The molecule has 0 radical (unpaired) electrons. The fourth-order valence-corrected chi connectivity index (χ4v) is 1.49. The largest absolute Gasteiger partial charge is 0.393 e. The highest BCUT2D eigenvalue weighted by Crippen LogP contribution is 2.14. The Morgan fingerprint density at radius 1 is 1.46 bits per heavy atom. The van der Waals surface area contributed by atoms with Crippen molar-refractivity contribution in [3.63, 3.8) is 0 Å². The first-order valence-electron chi connectivity index (χ1n) is 4.73. The Balaban J connectivity index is 2.87. The van der Waals surface area contributed by atoms with Crippen molar-refractivity contribution < 1.29 is 5.11 Å². The van der Waals surface area contributed by atoms with Gasteiger partial charge < -0.3 is 5.11 Å². The van der Waals surface area contributed by atoms with Crippen molar-refractivity contribution in [1.29, 1.82) is 0 Å². The van der Waals surface area contributed by atoms with E-state index in [4.69, 9.17) is 0 Å². The first-order chi connectivity index (χ1) is 6.06. The van der Waals surface area contributed by atoms with Crippen LogP contribution in [0.4, 0.5) is 0 Å². The minimum Gasteiger partial charge on any atom is -0.393 e. The van der Waals surface area contributed by atoms with Crippen LogP contribution in [0, 0.1) is 13.8 Å². The fourth-order valence-electron chi connectivity index (χ4n) is 1.49. The minimum atomic E-state index is -0.235. The Morgan fingerprint density at radius 2 is 2.08 bits per heavy atom. The molecule has 0 amide bonds. The zero-order valence-corrected chi connectivity index (χ0v) is 8.83. The number of aliphatic hydroxyl groups is 1. The van der Waals surface area contributed by atoms with Gasteiger partial charge in [-0.15, -0.1) is 0 Å². The minimum absolute atomic E-state index is 0.235. The van der Waals surface area contributed by atoms with Gasteiger partial charge in [-0.25, -0.2) is 0 Å². The third-order valence-electron chi connectivity index (χ3n) is 2.57. The SMILES string of the molecule is CCC(O)Cc1c(C)nn(C)c1C. The molecular weight excluding hydrogens is 164 g/mol. The topological polar surface area (TPSA) is 38.1 Å². The van der Waals surface area contributed by atoms with E-state index in [1.54, 1.807) is 0 Å². The fraction of sp³-hybridized carbons (Fsp3) is 0.700. The van der Waals surface area contributed by atoms with Gasteiger partial charge in [0.15, 0.2) is 0 Å². The molecule has 0 bridgehead atoms. The second kappa shape index (κ2) is 3.92. The van der Waals surface area contributed by atoms with Gasteiger partial charge >= 0.3 is 0 Å². The van der Waals surface area contributed by atoms with Crippen LogP contribution in [-0.2, 0) is 13.5 Å². The summed E-state index contributed by atoms with van der Waals surface area (Å²) in [7, 11) is 1.93. The lowest BCUT2D eigenvalue weighted by Crippen LogP contribution is -2.09. The van der Waals surface area contributed by atoms with Gasteiger partial charge in [-0.3, -0.25) is 4.68 Å². The van der Waals surface area contributed by atoms with E-state index in [1.165, 1.54) is 5.56 Å². The van der Waals surface area contributed by atoms with Gasteiger partial charge in [0.25, 0.3) is 0 Å². The Kier molecular flexibility index (Phi) is 3.09. The van der Waals surface area contributed by atoms with Gasteiger partial charge in [0, 0.05) is 19.2 Å². The molecule has 3 heteroatoms. The zero-order valence-electron chi connectivity index (χ0n) is 8.83. The Labute approximate surface area is 79.4 Å². The molecule has 0 aromatic carbocycles. The van der Waals surface area contributed by atoms with E-state index in [-0.39, 0.29) is 6.10 Å². The number of aromatic nitrogens is 2. The average molecular weight is 182 g/mol. The van der Waals surface area contributed by atoms with Crippen LogP contribution in [0.25, 0.3) is 0 Å². The Morgan fingerprint density at radius 3 is 2.46 bits per heavy atom. The van der Waals surface area contributed by atoms with E-state index in [0.29, 0.717) is 0 Å². The monoisotopic (exact) mass is 182 g/mol. The molecule has 1 rings (SSSR count). The highest BCUT2D eigenvalue weighted by atomic mass is 16.3. The number of nitrogens with zero attached hydrogens (tertiary/aromatic N) is 2. The van der Waals surface area contributed by atoms with Crippen molar-refractivity contribution >= 4 is 0 Å². The molecule has 1 atom stereocenters. The summed E-state index contributed by atoms with van der Waals surface area (Å²) < 4.78 is 1.87. The molecule has 0 aliphatic heterocycles. The Hall–Kier alpha value is -0.830. The van der Waals surface area contributed by atoms with Crippen LogP contribution in [0.5, 0.6) is 0 Å². The number of rotatable bonds is 3. The van der Waals surface area contributed by atoms with Crippen LogP contribution in [0.2, 0.25) is 0 Å². The van der Waals surface area contributed by atoms with Gasteiger partial charge in [-0.2, -0.15) is 5.10 Å². The Bertz CT molecular complexity index is 291. The molecule has 1 aromatic heterocycles. The van der Waals surface area contributed by atoms with Gasteiger partial charge in [-0.1, -0.05) is 6.92 Å². The van der Waals surface area contributed by atoms with E-state index in [9.17, 15) is 5.11 Å². The summed E-state index contributed by atoms with van der Waals surface area (Å²) in [5, 5.41) is 13.8. The highest BCUT2D eigenvalue weighted by Gasteiger charge is 2.12. The predicted octanol–water partition coefficient (Wildman–Crippen LogP) is 1.35. The number of aliphatic hydroxyl groups excluding tert-OH is 1. The van der Waals surface area contributed by atoms with Crippen LogP contribution >= 0.6 is 0 Å². The van der Waals surface area contributed by atoms with Crippen molar-refractivity contribution in [3.05, 3.63) is 17.0 Å². The quantitative estimate of drug-likeness (QED) is 0.766. The molecule has 13 heavy (non-hydrogen) atoms. The third kappa shape index (κ3) is 2.10. The molecule has 0 aliphatic rings. The van der Waals surface area contributed by atoms with E-state index in [1.807, 2.05) is 32.5 Å². The van der Waals surface area contributed by atoms with Gasteiger partial charge in [0.05, 0.1) is 11.8 Å². The van der Waals surface area contributed by atoms with Crippen LogP contribution in [0.15, 0.2) is 0 Å². The lowest BCUT2D eigenvalue weighted by molar-refractivity contribution is 0.170. The molecule has 1 aromatic rings. The smallest absolute Gasteiger partial charge is 0.0629 e. The molecule has 0 fully saturated rings. The van der Waals surface area contributed by atoms with E-state index in [0.717, 1.165) is 24.2 Å². The summed E-state index contributed by atoms with van der Waals surface area (Å²) in [5.41, 5.74) is 3.38. The van der Waals surface area contributed by atoms with Crippen LogP contribution in [0.1, 0.15) is 30.3 Å². The number of hydrogen-bond acceptors (Lipinski definition) is 2. The van der Waals surface area contributed by atoms with Crippen molar-refractivity contribution in [2.24, 2.45) is 7.05 Å². The molecule has 0 spiro atoms. The predicted molar refractivity (Wildman–Crippen MR) is 52.7 cm³/mol. The summed E-state index contributed by atoms with van der Waals surface area (Å²) in [5.74, 6) is 0. The second-order valence-corrected chi connectivity index (χ2v) is 3.54. The number of hydrogen-bond donors (Lipinski definition) is 1. The lowest BCUT2D eigenvalue weighted by Gasteiger charge is -2.07. The number of aryl methyl sites for hydroxylation is 2. The van der Waals surface area contributed by atoms with E-state index in [2.05, 4.69) is 5.10 Å². The molecule has 3 nitrogen and oxygen atoms in total. The molecule has 1 heterocycles. The maximum absolute atomic E-state index is 9.53. The zero-order chi connectivity index (χ0) is 10.0. The molecule has 1 unspecified atom stereocenters. The molecular formula is C10H18N2O. The molecule has 0 saturated heterocycles. The van der Waals surface area contributed by atoms with Crippen molar-refractivity contribution in [2.45, 2.75) is 39.7 Å². The van der Waals surface area contributed by atoms with Gasteiger partial charge in [0.2, 0.25) is 0 Å². The maximum atomic E-state index is 9.53. The van der Waals surface area contributed by atoms with Gasteiger partial charge in [0.1, 0.15) is 0 Å². The summed E-state index contributed by atoms with van der Waals surface area (Å²) in [6.45, 7) is 6.02. The highest BCUT2D eigenvalue weighted by molar-refractivity contribution is 5.24. The van der Waals surface area contributed by atoms with Crippen LogP contribution in [-0.4, -0.2) is 21.0 Å². The van der Waals surface area contributed by atoms with E-state index < -0.39 is 0 Å². The molecule has 0 aliphatic carbocycles. The van der Waals surface area contributed by atoms with Gasteiger partial charge in [-0.05, 0) is 25.8 Å². The normalized spacial score (nSPS) is 13.3. The molecule has 74 valence electrons. The summed E-state index contributed by atoms with van der Waals surface area (Å²) in [6, 6.07) is 0. The van der Waals surface area contributed by atoms with Crippen LogP contribution in [0.3, 0.4) is 0 Å². The van der Waals surface area contributed by atoms with E-state index >= 15 is 0 Å². The maximum Gasteiger partial charge on any atom is 0.0629 e. The average Bonchev–Trinajstić information content (AvgIpc) is 2.32. The van der Waals surface area contributed by atoms with Crippen LogP contribution < -0.4 is 0 Å². The summed E-state index contributed by atoms with van der Waals surface area (Å²) in [4.78, 5) is 0. The first-order valence-corrected chi connectivity index (χ1v) is 4.73. The van der Waals surface area contributed by atoms with Crippen molar-refractivity contribution in [2.75, 3.05) is 0 Å². The molecule has 0 saturated carbocycles. The van der Waals surface area contributed by atoms with Crippen molar-refractivity contribution in [1.82, 2.24) is 9.78 Å². The first kappa shape index (κ1) is 10.3. The second-order valence-electron chi connectivity index (χ2n) is 3.54. The summed E-state index contributed by atoms with van der Waals surface area (Å²) >= 11 is 0. The third-order valence-corrected chi connectivity index (χ3v) is 2.57. The molecule has 1 N–H and O–H groups in total. The van der Waals surface area contributed by atoms with Crippen molar-refractivity contribution in [3.8, 4) is 0 Å². The lowest BCUT2D eigenvalue weighted by atomic mass is 10.0.